The molecule has 0 saturated heterocycles. The van der Waals surface area contributed by atoms with Crippen molar-refractivity contribution in [3.8, 4) is 0 Å². The maximum Gasteiger partial charge on any atom is 0.0409 e. The van der Waals surface area contributed by atoms with E-state index in [0.717, 1.165) is 23.4 Å². The van der Waals surface area contributed by atoms with E-state index in [9.17, 15) is 0 Å². The van der Waals surface area contributed by atoms with Gasteiger partial charge in [-0.1, -0.05) is 50.8 Å². The Morgan fingerprint density at radius 3 is 2.50 bits per heavy atom. The van der Waals surface area contributed by atoms with Crippen molar-refractivity contribution in [1.82, 2.24) is 5.32 Å². The highest BCUT2D eigenvalue weighted by molar-refractivity contribution is 6.30. The Morgan fingerprint density at radius 2 is 1.90 bits per heavy atom. The molecular formula is C18H28ClN. The van der Waals surface area contributed by atoms with E-state index < -0.39 is 0 Å². The first-order chi connectivity index (χ1) is 9.65. The monoisotopic (exact) mass is 293 g/mol. The molecule has 0 spiro atoms. The van der Waals surface area contributed by atoms with Gasteiger partial charge in [-0.05, 0) is 61.4 Å². The van der Waals surface area contributed by atoms with E-state index in [1.165, 1.54) is 43.2 Å². The molecule has 1 aromatic carbocycles. The highest BCUT2D eigenvalue weighted by Gasteiger charge is 2.28. The van der Waals surface area contributed by atoms with Crippen LogP contribution in [0, 0.1) is 18.8 Å². The molecule has 1 nitrogen and oxygen atoms in total. The van der Waals surface area contributed by atoms with Crippen LogP contribution in [0.1, 0.15) is 63.1 Å². The van der Waals surface area contributed by atoms with Gasteiger partial charge in [0.2, 0.25) is 0 Å². The van der Waals surface area contributed by atoms with Crippen LogP contribution in [0.4, 0.5) is 0 Å². The molecule has 1 aliphatic rings. The van der Waals surface area contributed by atoms with Gasteiger partial charge < -0.3 is 5.32 Å². The molecule has 0 radical (unpaired) electrons. The summed E-state index contributed by atoms with van der Waals surface area (Å²) in [7, 11) is 0. The van der Waals surface area contributed by atoms with Crippen LogP contribution in [0.25, 0.3) is 0 Å². The van der Waals surface area contributed by atoms with Gasteiger partial charge in [-0.3, -0.25) is 0 Å². The maximum absolute atomic E-state index is 6.22. The number of benzene rings is 1. The van der Waals surface area contributed by atoms with Crippen molar-refractivity contribution < 1.29 is 0 Å². The molecule has 1 aliphatic carbocycles. The lowest BCUT2D eigenvalue weighted by atomic mass is 9.75. The maximum atomic E-state index is 6.22. The number of halogens is 1. The van der Waals surface area contributed by atoms with E-state index in [-0.39, 0.29) is 0 Å². The Kier molecular flexibility index (Phi) is 5.92. The second-order valence-corrected chi connectivity index (χ2v) is 6.66. The van der Waals surface area contributed by atoms with Crippen LogP contribution in [0.3, 0.4) is 0 Å². The summed E-state index contributed by atoms with van der Waals surface area (Å²) in [5.41, 5.74) is 2.76. The quantitative estimate of drug-likeness (QED) is 0.754. The standard InChI is InChI=1S/C18H28ClN/c1-4-14-7-9-15(10-8-14)18(20-5-2)17-12-16(19)11-6-13(17)3/h6,11-12,14-15,18,20H,4-5,7-10H2,1-3H3. The van der Waals surface area contributed by atoms with Crippen molar-refractivity contribution in [2.24, 2.45) is 11.8 Å². The summed E-state index contributed by atoms with van der Waals surface area (Å²) in [6, 6.07) is 6.78. The van der Waals surface area contributed by atoms with E-state index in [0.29, 0.717) is 6.04 Å². The fraction of sp³-hybridized carbons (Fsp3) is 0.667. The number of rotatable bonds is 5. The summed E-state index contributed by atoms with van der Waals surface area (Å²) in [4.78, 5) is 0. The van der Waals surface area contributed by atoms with Gasteiger partial charge in [-0.15, -0.1) is 0 Å². The third kappa shape index (κ3) is 3.77. The predicted octanol–water partition coefficient (Wildman–Crippen LogP) is 5.52. The Hall–Kier alpha value is -0.530. The van der Waals surface area contributed by atoms with E-state index in [2.05, 4.69) is 38.2 Å². The van der Waals surface area contributed by atoms with E-state index in [1.54, 1.807) is 0 Å². The minimum atomic E-state index is 0.469. The molecule has 2 rings (SSSR count). The summed E-state index contributed by atoms with van der Waals surface area (Å²) in [5, 5.41) is 4.57. The topological polar surface area (TPSA) is 12.0 Å². The van der Waals surface area contributed by atoms with Crippen molar-refractivity contribution in [3.05, 3.63) is 34.3 Å². The summed E-state index contributed by atoms with van der Waals surface area (Å²) in [6.07, 6.45) is 6.82. The van der Waals surface area contributed by atoms with Gasteiger partial charge in [0.15, 0.2) is 0 Å². The zero-order chi connectivity index (χ0) is 14.5. The van der Waals surface area contributed by atoms with Crippen LogP contribution in [-0.4, -0.2) is 6.54 Å². The molecule has 0 bridgehead atoms. The summed E-state index contributed by atoms with van der Waals surface area (Å²) < 4.78 is 0. The Bertz CT molecular complexity index is 421. The highest BCUT2D eigenvalue weighted by Crippen LogP contribution is 2.39. The lowest BCUT2D eigenvalue weighted by Gasteiger charge is -2.35. The number of aryl methyl sites for hydroxylation is 1. The third-order valence-electron chi connectivity index (χ3n) is 4.94. The van der Waals surface area contributed by atoms with E-state index in [1.807, 2.05) is 6.07 Å². The number of hydrogen-bond acceptors (Lipinski definition) is 1. The molecule has 1 fully saturated rings. The molecule has 0 amide bonds. The molecule has 2 heteroatoms. The van der Waals surface area contributed by atoms with Crippen molar-refractivity contribution >= 4 is 11.6 Å². The fourth-order valence-corrected chi connectivity index (χ4v) is 3.81. The number of nitrogens with one attached hydrogen (secondary N) is 1. The third-order valence-corrected chi connectivity index (χ3v) is 5.18. The molecule has 1 N–H and O–H groups in total. The first kappa shape index (κ1) is 15.9. The van der Waals surface area contributed by atoms with Gasteiger partial charge in [-0.2, -0.15) is 0 Å². The molecule has 1 atom stereocenters. The summed E-state index contributed by atoms with van der Waals surface area (Å²) >= 11 is 6.22. The molecule has 0 aromatic heterocycles. The highest BCUT2D eigenvalue weighted by atomic mass is 35.5. The second kappa shape index (κ2) is 7.47. The van der Waals surface area contributed by atoms with Gasteiger partial charge in [0.05, 0.1) is 0 Å². The first-order valence-corrected chi connectivity index (χ1v) is 8.52. The van der Waals surface area contributed by atoms with Gasteiger partial charge in [-0.25, -0.2) is 0 Å². The average molecular weight is 294 g/mol. The molecular weight excluding hydrogens is 266 g/mol. The normalized spacial score (nSPS) is 24.6. The Labute approximate surface area is 129 Å². The fourth-order valence-electron chi connectivity index (χ4n) is 3.63. The second-order valence-electron chi connectivity index (χ2n) is 6.23. The van der Waals surface area contributed by atoms with E-state index in [4.69, 9.17) is 11.6 Å². The lowest BCUT2D eigenvalue weighted by Crippen LogP contribution is -2.31. The van der Waals surface area contributed by atoms with Crippen LogP contribution >= 0.6 is 11.6 Å². The van der Waals surface area contributed by atoms with E-state index >= 15 is 0 Å². The first-order valence-electron chi connectivity index (χ1n) is 8.15. The molecule has 112 valence electrons. The van der Waals surface area contributed by atoms with Crippen LogP contribution in [-0.2, 0) is 0 Å². The minimum Gasteiger partial charge on any atom is -0.310 e. The Balaban J connectivity index is 2.16. The largest absolute Gasteiger partial charge is 0.310 e. The summed E-state index contributed by atoms with van der Waals surface area (Å²) in [6.45, 7) is 7.75. The lowest BCUT2D eigenvalue weighted by molar-refractivity contribution is 0.220. The van der Waals surface area contributed by atoms with Crippen molar-refractivity contribution in [1.29, 1.82) is 0 Å². The van der Waals surface area contributed by atoms with Crippen LogP contribution < -0.4 is 5.32 Å². The Morgan fingerprint density at radius 1 is 1.20 bits per heavy atom. The molecule has 1 aromatic rings. The smallest absolute Gasteiger partial charge is 0.0409 e. The van der Waals surface area contributed by atoms with Gasteiger partial charge in [0, 0.05) is 11.1 Å². The van der Waals surface area contributed by atoms with Crippen molar-refractivity contribution in [2.75, 3.05) is 6.54 Å². The van der Waals surface area contributed by atoms with Gasteiger partial charge in [0.1, 0.15) is 0 Å². The molecule has 0 aliphatic heterocycles. The average Bonchev–Trinajstić information content (AvgIpc) is 2.48. The van der Waals surface area contributed by atoms with Crippen molar-refractivity contribution in [2.45, 2.75) is 58.9 Å². The van der Waals surface area contributed by atoms with Gasteiger partial charge >= 0.3 is 0 Å². The predicted molar refractivity (Wildman–Crippen MR) is 88.3 cm³/mol. The summed E-state index contributed by atoms with van der Waals surface area (Å²) in [5.74, 6) is 1.71. The molecule has 1 saturated carbocycles. The number of hydrogen-bond donors (Lipinski definition) is 1. The van der Waals surface area contributed by atoms with Crippen LogP contribution in [0.2, 0.25) is 5.02 Å². The van der Waals surface area contributed by atoms with Crippen LogP contribution in [0.15, 0.2) is 18.2 Å². The minimum absolute atomic E-state index is 0.469. The zero-order valence-electron chi connectivity index (χ0n) is 13.1. The van der Waals surface area contributed by atoms with Crippen molar-refractivity contribution in [3.63, 3.8) is 0 Å². The van der Waals surface area contributed by atoms with Crippen LogP contribution in [0.5, 0.6) is 0 Å². The molecule has 0 heterocycles. The molecule has 1 unspecified atom stereocenters. The van der Waals surface area contributed by atoms with Gasteiger partial charge in [0.25, 0.3) is 0 Å². The zero-order valence-corrected chi connectivity index (χ0v) is 13.8. The molecule has 20 heavy (non-hydrogen) atoms. The SMILES string of the molecule is CCNC(c1cc(Cl)ccc1C)C1CCC(CC)CC1.